The molecular formula is C18H17N3O3S. The second-order valence-corrected chi connectivity index (χ2v) is 6.08. The first-order chi connectivity index (χ1) is 12.2. The van der Waals surface area contributed by atoms with E-state index in [2.05, 4.69) is 15.5 Å². The highest BCUT2D eigenvalue weighted by Gasteiger charge is 2.11. The smallest absolute Gasteiger partial charge is 0.277 e. The molecule has 0 aliphatic carbocycles. The molecule has 1 N–H and O–H groups in total. The van der Waals surface area contributed by atoms with Crippen LogP contribution in [0.25, 0.3) is 11.5 Å². The minimum Gasteiger partial charge on any atom is -0.497 e. The van der Waals surface area contributed by atoms with Gasteiger partial charge in [0.1, 0.15) is 5.75 Å². The van der Waals surface area contributed by atoms with Crippen molar-refractivity contribution in [1.82, 2.24) is 15.5 Å². The Morgan fingerprint density at radius 1 is 1.16 bits per heavy atom. The van der Waals surface area contributed by atoms with Crippen LogP contribution in [0, 0.1) is 0 Å². The molecule has 0 radical (unpaired) electrons. The van der Waals surface area contributed by atoms with Gasteiger partial charge in [0.15, 0.2) is 0 Å². The van der Waals surface area contributed by atoms with E-state index in [0.29, 0.717) is 17.7 Å². The maximum absolute atomic E-state index is 12.0. The molecule has 0 aliphatic rings. The molecule has 0 saturated heterocycles. The van der Waals surface area contributed by atoms with E-state index in [9.17, 15) is 4.79 Å². The summed E-state index contributed by atoms with van der Waals surface area (Å²) in [5, 5.41) is 11.2. The Hall–Kier alpha value is -2.80. The van der Waals surface area contributed by atoms with Gasteiger partial charge >= 0.3 is 0 Å². The van der Waals surface area contributed by atoms with Crippen LogP contribution in [0.3, 0.4) is 0 Å². The molecule has 25 heavy (non-hydrogen) atoms. The minimum absolute atomic E-state index is 0.104. The van der Waals surface area contributed by atoms with E-state index >= 15 is 0 Å². The maximum Gasteiger partial charge on any atom is 0.277 e. The summed E-state index contributed by atoms with van der Waals surface area (Å²) < 4.78 is 10.7. The molecule has 0 aliphatic heterocycles. The quantitative estimate of drug-likeness (QED) is 0.656. The van der Waals surface area contributed by atoms with Gasteiger partial charge in [-0.15, -0.1) is 10.2 Å². The Morgan fingerprint density at radius 3 is 2.80 bits per heavy atom. The van der Waals surface area contributed by atoms with Crippen molar-refractivity contribution in [2.75, 3.05) is 12.9 Å². The van der Waals surface area contributed by atoms with Crippen LogP contribution in [0.1, 0.15) is 5.56 Å². The van der Waals surface area contributed by atoms with Crippen molar-refractivity contribution in [3.05, 3.63) is 60.2 Å². The molecule has 128 valence electrons. The summed E-state index contributed by atoms with van der Waals surface area (Å²) in [6.45, 7) is 0.440. The third kappa shape index (κ3) is 4.84. The van der Waals surface area contributed by atoms with Gasteiger partial charge in [-0.05, 0) is 29.8 Å². The average Bonchev–Trinajstić information content (AvgIpc) is 3.15. The highest BCUT2D eigenvalue weighted by Crippen LogP contribution is 2.22. The van der Waals surface area contributed by atoms with Crippen LogP contribution in [0.2, 0.25) is 0 Å². The summed E-state index contributed by atoms with van der Waals surface area (Å²) in [6.07, 6.45) is 0. The topological polar surface area (TPSA) is 77.2 Å². The van der Waals surface area contributed by atoms with Crippen LogP contribution in [0.15, 0.2) is 64.2 Å². The molecule has 3 rings (SSSR count). The Balaban J connectivity index is 1.48. The van der Waals surface area contributed by atoms with Crippen LogP contribution in [-0.2, 0) is 11.3 Å². The lowest BCUT2D eigenvalue weighted by molar-refractivity contribution is -0.118. The fraction of sp³-hybridized carbons (Fsp3) is 0.167. The van der Waals surface area contributed by atoms with Gasteiger partial charge < -0.3 is 14.5 Å². The highest BCUT2D eigenvalue weighted by atomic mass is 32.2. The van der Waals surface area contributed by atoms with Crippen molar-refractivity contribution in [2.45, 2.75) is 11.8 Å². The van der Waals surface area contributed by atoms with Crippen molar-refractivity contribution in [3.63, 3.8) is 0 Å². The number of nitrogens with zero attached hydrogens (tertiary/aromatic N) is 2. The first-order valence-corrected chi connectivity index (χ1v) is 8.64. The lowest BCUT2D eigenvalue weighted by Crippen LogP contribution is -2.24. The van der Waals surface area contributed by atoms with E-state index in [4.69, 9.17) is 9.15 Å². The summed E-state index contributed by atoms with van der Waals surface area (Å²) in [5.41, 5.74) is 1.83. The lowest BCUT2D eigenvalue weighted by atomic mass is 10.2. The summed E-state index contributed by atoms with van der Waals surface area (Å²) in [6, 6.07) is 17.1. The van der Waals surface area contributed by atoms with Gasteiger partial charge in [0.05, 0.1) is 12.9 Å². The number of thioether (sulfide) groups is 1. The van der Waals surface area contributed by atoms with Crippen molar-refractivity contribution in [1.29, 1.82) is 0 Å². The Morgan fingerprint density at radius 2 is 2.00 bits per heavy atom. The largest absolute Gasteiger partial charge is 0.497 e. The Bertz CT molecular complexity index is 836. The van der Waals surface area contributed by atoms with Crippen LogP contribution in [0.5, 0.6) is 5.75 Å². The van der Waals surface area contributed by atoms with E-state index in [-0.39, 0.29) is 11.7 Å². The van der Waals surface area contributed by atoms with Gasteiger partial charge in [0.25, 0.3) is 5.22 Å². The second kappa shape index (κ2) is 8.34. The van der Waals surface area contributed by atoms with E-state index in [1.165, 1.54) is 11.8 Å². The number of carbonyl (C=O) groups excluding carboxylic acids is 1. The van der Waals surface area contributed by atoms with Gasteiger partial charge in [-0.2, -0.15) is 0 Å². The zero-order chi connectivity index (χ0) is 17.5. The molecule has 1 aromatic heterocycles. The molecule has 1 amide bonds. The van der Waals surface area contributed by atoms with Gasteiger partial charge in [-0.1, -0.05) is 42.1 Å². The molecule has 0 fully saturated rings. The number of hydrogen-bond acceptors (Lipinski definition) is 6. The Labute approximate surface area is 149 Å². The van der Waals surface area contributed by atoms with E-state index in [1.54, 1.807) is 7.11 Å². The molecule has 0 spiro atoms. The van der Waals surface area contributed by atoms with E-state index < -0.39 is 0 Å². The van der Waals surface area contributed by atoms with Crippen molar-refractivity contribution < 1.29 is 13.9 Å². The van der Waals surface area contributed by atoms with Crippen LogP contribution >= 0.6 is 11.8 Å². The molecule has 6 nitrogen and oxygen atoms in total. The molecule has 0 saturated carbocycles. The first kappa shape index (κ1) is 17.0. The number of ether oxygens (including phenoxy) is 1. The van der Waals surface area contributed by atoms with Gasteiger partial charge in [-0.25, -0.2) is 0 Å². The monoisotopic (exact) mass is 355 g/mol. The van der Waals surface area contributed by atoms with Crippen LogP contribution < -0.4 is 10.1 Å². The molecule has 2 aromatic carbocycles. The van der Waals surface area contributed by atoms with Crippen molar-refractivity contribution >= 4 is 17.7 Å². The number of aromatic nitrogens is 2. The molecule has 0 unspecified atom stereocenters. The van der Waals surface area contributed by atoms with Gasteiger partial charge in [0.2, 0.25) is 11.8 Å². The number of nitrogens with one attached hydrogen (secondary N) is 1. The zero-order valence-corrected chi connectivity index (χ0v) is 14.5. The second-order valence-electron chi connectivity index (χ2n) is 5.16. The maximum atomic E-state index is 12.0. The number of carbonyl (C=O) groups is 1. The molecule has 0 bridgehead atoms. The third-order valence-electron chi connectivity index (χ3n) is 3.38. The third-order valence-corrected chi connectivity index (χ3v) is 4.20. The van der Waals surface area contributed by atoms with Gasteiger partial charge in [-0.3, -0.25) is 4.79 Å². The van der Waals surface area contributed by atoms with Crippen LogP contribution in [0.4, 0.5) is 0 Å². The number of rotatable bonds is 7. The molecule has 1 heterocycles. The fourth-order valence-corrected chi connectivity index (χ4v) is 2.72. The van der Waals surface area contributed by atoms with E-state index in [1.807, 2.05) is 54.6 Å². The SMILES string of the molecule is COc1cccc(CNC(=O)CSc2nnc(-c3ccccc3)o2)c1. The standard InChI is InChI=1S/C18H17N3O3S/c1-23-15-9-5-6-13(10-15)11-19-16(22)12-25-18-21-20-17(24-18)14-7-3-2-4-8-14/h2-10H,11-12H2,1H3,(H,19,22). The summed E-state index contributed by atoms with van der Waals surface area (Å²) >= 11 is 1.21. The minimum atomic E-state index is -0.104. The van der Waals surface area contributed by atoms with Crippen molar-refractivity contribution in [3.8, 4) is 17.2 Å². The fourth-order valence-electron chi connectivity index (χ4n) is 2.13. The number of amides is 1. The summed E-state index contributed by atoms with van der Waals surface area (Å²) in [7, 11) is 1.61. The summed E-state index contributed by atoms with van der Waals surface area (Å²) in [5.74, 6) is 1.31. The predicted octanol–water partition coefficient (Wildman–Crippen LogP) is 3.15. The van der Waals surface area contributed by atoms with Crippen LogP contribution in [-0.4, -0.2) is 29.0 Å². The summed E-state index contributed by atoms with van der Waals surface area (Å²) in [4.78, 5) is 12.0. The highest BCUT2D eigenvalue weighted by molar-refractivity contribution is 7.99. The normalized spacial score (nSPS) is 10.4. The average molecular weight is 355 g/mol. The van der Waals surface area contributed by atoms with Crippen molar-refractivity contribution in [2.24, 2.45) is 0 Å². The van der Waals surface area contributed by atoms with E-state index in [0.717, 1.165) is 16.9 Å². The first-order valence-electron chi connectivity index (χ1n) is 7.66. The number of benzene rings is 2. The molecule has 3 aromatic rings. The van der Waals surface area contributed by atoms with Gasteiger partial charge in [0, 0.05) is 12.1 Å². The molecule has 7 heteroatoms. The molecular weight excluding hydrogens is 338 g/mol. The zero-order valence-electron chi connectivity index (χ0n) is 13.6. The lowest BCUT2D eigenvalue weighted by Gasteiger charge is -2.06. The molecule has 0 atom stereocenters. The number of hydrogen-bond donors (Lipinski definition) is 1. The number of methoxy groups -OCH3 is 1. The Kier molecular flexibility index (Phi) is 5.69. The predicted molar refractivity (Wildman–Crippen MR) is 95.3 cm³/mol.